The zero-order valence-corrected chi connectivity index (χ0v) is 13.3. The third kappa shape index (κ3) is 6.46. The van der Waals surface area contributed by atoms with Gasteiger partial charge in [-0.2, -0.15) is 0 Å². The second kappa shape index (κ2) is 9.20. The fourth-order valence-electron chi connectivity index (χ4n) is 1.53. The summed E-state index contributed by atoms with van der Waals surface area (Å²) in [4.78, 5) is 23.5. The van der Waals surface area contributed by atoms with Crippen molar-refractivity contribution in [2.24, 2.45) is 5.73 Å². The first kappa shape index (κ1) is 19.2. The van der Waals surface area contributed by atoms with Crippen molar-refractivity contribution in [1.82, 2.24) is 5.32 Å². The Morgan fingerprint density at radius 3 is 2.14 bits per heavy atom. The van der Waals surface area contributed by atoms with Gasteiger partial charge in [-0.15, -0.1) is 12.4 Å². The van der Waals surface area contributed by atoms with Gasteiger partial charge < -0.3 is 21.7 Å². The number of carbonyl (C=O) groups excluding carboxylic acids is 2. The minimum absolute atomic E-state index is 0. The molecule has 0 bridgehead atoms. The molecule has 0 saturated heterocycles. The van der Waals surface area contributed by atoms with Crippen molar-refractivity contribution in [2.45, 2.75) is 39.3 Å². The van der Waals surface area contributed by atoms with E-state index in [1.165, 1.54) is 0 Å². The van der Waals surface area contributed by atoms with Gasteiger partial charge in [-0.3, -0.25) is 4.79 Å². The van der Waals surface area contributed by atoms with Crippen LogP contribution in [0.1, 0.15) is 27.2 Å². The molecule has 1 atom stereocenters. The molecule has 0 aliphatic carbocycles. The maximum absolute atomic E-state index is 11.8. The van der Waals surface area contributed by atoms with Gasteiger partial charge in [0.2, 0.25) is 5.91 Å². The monoisotopic (exact) mass is 314 g/mol. The average Bonchev–Trinajstić information content (AvgIpc) is 2.39. The number of para-hydroxylation sites is 2. The lowest BCUT2D eigenvalue weighted by atomic mass is 10.2. The van der Waals surface area contributed by atoms with Gasteiger partial charge >= 0.3 is 6.03 Å². The lowest BCUT2D eigenvalue weighted by Crippen LogP contribution is -2.36. The van der Waals surface area contributed by atoms with E-state index in [0.717, 1.165) is 0 Å². The van der Waals surface area contributed by atoms with Crippen molar-refractivity contribution < 1.29 is 9.59 Å². The molecule has 118 valence electrons. The minimum atomic E-state index is -0.562. The lowest BCUT2D eigenvalue weighted by Gasteiger charge is -2.15. The minimum Gasteiger partial charge on any atom is -0.336 e. The van der Waals surface area contributed by atoms with Gasteiger partial charge in [0.05, 0.1) is 17.4 Å². The average molecular weight is 315 g/mol. The summed E-state index contributed by atoms with van der Waals surface area (Å²) < 4.78 is 0. The second-order valence-corrected chi connectivity index (χ2v) is 4.80. The standard InChI is InChI=1S/C14H22N4O2.ClH/c1-4-10(15)13(19)17-11-7-5-6-8-12(11)18-14(20)16-9(2)3;/h5-10H,4,15H2,1-3H3,(H,17,19)(H2,16,18,20);1H/t10-;/m0./s1. The number of nitrogens with one attached hydrogen (secondary N) is 3. The predicted molar refractivity (Wildman–Crippen MR) is 87.9 cm³/mol. The molecule has 5 N–H and O–H groups in total. The molecule has 0 saturated carbocycles. The number of amides is 3. The molecule has 0 spiro atoms. The normalized spacial score (nSPS) is 11.3. The summed E-state index contributed by atoms with van der Waals surface area (Å²) in [5.74, 6) is -0.272. The molecule has 21 heavy (non-hydrogen) atoms. The molecule has 1 aromatic rings. The zero-order chi connectivity index (χ0) is 15.1. The highest BCUT2D eigenvalue weighted by Crippen LogP contribution is 2.21. The Hall–Kier alpha value is -1.79. The van der Waals surface area contributed by atoms with Crippen LogP contribution in [0.25, 0.3) is 0 Å². The van der Waals surface area contributed by atoms with Crippen LogP contribution in [-0.2, 0) is 4.79 Å². The number of benzene rings is 1. The van der Waals surface area contributed by atoms with E-state index in [0.29, 0.717) is 17.8 Å². The molecule has 6 nitrogen and oxygen atoms in total. The molecule has 0 aromatic heterocycles. The van der Waals surface area contributed by atoms with E-state index in [4.69, 9.17) is 5.73 Å². The number of nitrogens with two attached hydrogens (primary N) is 1. The third-order valence-electron chi connectivity index (χ3n) is 2.63. The molecule has 1 aromatic carbocycles. The van der Waals surface area contributed by atoms with Crippen LogP contribution in [0.4, 0.5) is 16.2 Å². The van der Waals surface area contributed by atoms with E-state index in [9.17, 15) is 9.59 Å². The van der Waals surface area contributed by atoms with Gasteiger partial charge in [0.15, 0.2) is 0 Å². The van der Waals surface area contributed by atoms with Crippen LogP contribution in [0.5, 0.6) is 0 Å². The molecule has 0 aliphatic rings. The quantitative estimate of drug-likeness (QED) is 0.671. The van der Waals surface area contributed by atoms with Crippen LogP contribution in [0.15, 0.2) is 24.3 Å². The third-order valence-corrected chi connectivity index (χ3v) is 2.63. The van der Waals surface area contributed by atoms with Crippen LogP contribution in [0, 0.1) is 0 Å². The largest absolute Gasteiger partial charge is 0.336 e. The highest BCUT2D eigenvalue weighted by atomic mass is 35.5. The molecule has 0 fully saturated rings. The number of carbonyl (C=O) groups is 2. The van der Waals surface area contributed by atoms with E-state index in [1.807, 2.05) is 20.8 Å². The Morgan fingerprint density at radius 2 is 1.67 bits per heavy atom. The molecule has 0 radical (unpaired) electrons. The zero-order valence-electron chi connectivity index (χ0n) is 12.5. The van der Waals surface area contributed by atoms with Crippen molar-refractivity contribution >= 4 is 35.7 Å². The van der Waals surface area contributed by atoms with Crippen molar-refractivity contribution in [3.8, 4) is 0 Å². The van der Waals surface area contributed by atoms with Crippen LogP contribution in [0.2, 0.25) is 0 Å². The van der Waals surface area contributed by atoms with Crippen LogP contribution >= 0.6 is 12.4 Å². The van der Waals surface area contributed by atoms with E-state index < -0.39 is 6.04 Å². The number of halogens is 1. The Kier molecular flexibility index (Phi) is 8.42. The fourth-order valence-corrected chi connectivity index (χ4v) is 1.53. The van der Waals surface area contributed by atoms with Gasteiger partial charge in [0.1, 0.15) is 0 Å². The number of hydrogen-bond donors (Lipinski definition) is 4. The summed E-state index contributed by atoms with van der Waals surface area (Å²) in [7, 11) is 0. The highest BCUT2D eigenvalue weighted by molar-refractivity contribution is 6.00. The number of urea groups is 1. The van der Waals surface area contributed by atoms with Crippen LogP contribution in [0.3, 0.4) is 0 Å². The highest BCUT2D eigenvalue weighted by Gasteiger charge is 2.14. The van der Waals surface area contributed by atoms with Gasteiger partial charge in [0.25, 0.3) is 0 Å². The molecule has 0 heterocycles. The fraction of sp³-hybridized carbons (Fsp3) is 0.429. The molecular formula is C14H23ClN4O2. The van der Waals surface area contributed by atoms with Gasteiger partial charge in [-0.25, -0.2) is 4.79 Å². The molecule has 0 aliphatic heterocycles. The van der Waals surface area contributed by atoms with Crippen molar-refractivity contribution in [1.29, 1.82) is 0 Å². The van der Waals surface area contributed by atoms with Crippen LogP contribution < -0.4 is 21.7 Å². The van der Waals surface area contributed by atoms with Gasteiger partial charge in [0, 0.05) is 6.04 Å². The Balaban J connectivity index is 0.00000400. The SMILES string of the molecule is CC[C@H](N)C(=O)Nc1ccccc1NC(=O)NC(C)C.Cl. The lowest BCUT2D eigenvalue weighted by molar-refractivity contribution is -0.117. The van der Waals surface area contributed by atoms with E-state index in [-0.39, 0.29) is 30.4 Å². The van der Waals surface area contributed by atoms with E-state index in [2.05, 4.69) is 16.0 Å². The summed E-state index contributed by atoms with van der Waals surface area (Å²) >= 11 is 0. The summed E-state index contributed by atoms with van der Waals surface area (Å²) in [6, 6.07) is 6.14. The Labute approximate surface area is 131 Å². The topological polar surface area (TPSA) is 96.2 Å². The molecular weight excluding hydrogens is 292 g/mol. The Bertz CT molecular complexity index is 480. The maximum atomic E-state index is 11.8. The maximum Gasteiger partial charge on any atom is 0.319 e. The summed E-state index contributed by atoms with van der Waals surface area (Å²) in [5, 5.41) is 8.13. The smallest absolute Gasteiger partial charge is 0.319 e. The van der Waals surface area contributed by atoms with Crippen molar-refractivity contribution in [2.75, 3.05) is 10.6 Å². The summed E-state index contributed by atoms with van der Waals surface area (Å²) in [5.41, 5.74) is 6.73. The second-order valence-electron chi connectivity index (χ2n) is 4.80. The van der Waals surface area contributed by atoms with Crippen molar-refractivity contribution in [3.63, 3.8) is 0 Å². The van der Waals surface area contributed by atoms with E-state index >= 15 is 0 Å². The van der Waals surface area contributed by atoms with Gasteiger partial charge in [-0.05, 0) is 32.4 Å². The Morgan fingerprint density at radius 1 is 1.14 bits per heavy atom. The molecule has 0 unspecified atom stereocenters. The van der Waals surface area contributed by atoms with E-state index in [1.54, 1.807) is 24.3 Å². The first-order valence-corrected chi connectivity index (χ1v) is 6.67. The summed E-state index contributed by atoms with van der Waals surface area (Å²) in [6.07, 6.45) is 0.551. The number of hydrogen-bond acceptors (Lipinski definition) is 3. The number of anilines is 2. The van der Waals surface area contributed by atoms with Crippen molar-refractivity contribution in [3.05, 3.63) is 24.3 Å². The first-order valence-electron chi connectivity index (χ1n) is 6.67. The van der Waals surface area contributed by atoms with Crippen LogP contribution in [-0.4, -0.2) is 24.0 Å². The molecule has 3 amide bonds. The summed E-state index contributed by atoms with van der Waals surface area (Å²) in [6.45, 7) is 5.57. The first-order chi connectivity index (χ1) is 9.43. The van der Waals surface area contributed by atoms with Gasteiger partial charge in [-0.1, -0.05) is 19.1 Å². The molecule has 1 rings (SSSR count). The number of rotatable bonds is 5. The predicted octanol–water partition coefficient (Wildman–Crippen LogP) is 2.31. The molecule has 7 heteroatoms.